The van der Waals surface area contributed by atoms with Crippen LogP contribution in [0, 0.1) is 5.41 Å². The van der Waals surface area contributed by atoms with Crippen molar-refractivity contribution in [3.05, 3.63) is 0 Å². The molecule has 0 amide bonds. The molecule has 0 aromatic rings. The van der Waals surface area contributed by atoms with Crippen LogP contribution in [-0.2, 0) is 19.0 Å². The molecule has 0 aromatic carbocycles. The summed E-state index contributed by atoms with van der Waals surface area (Å²) < 4.78 is 16.5. The van der Waals surface area contributed by atoms with E-state index in [1.807, 2.05) is 6.92 Å². The molecule has 1 aliphatic rings. The lowest BCUT2D eigenvalue weighted by Gasteiger charge is -2.38. The lowest BCUT2D eigenvalue weighted by Crippen LogP contribution is -2.39. The standard InChI is InChI=1S/C15H28O4/c1-11(9-10-13(16)17-5)18-14-8-6-7-12(19-14)15(2,3)4/h11-12,14H,6-10H2,1-5H3/t11-,12+,14+/m0/s1. The maximum Gasteiger partial charge on any atom is 0.305 e. The number of carbonyl (C=O) groups excluding carboxylic acids is 1. The van der Waals surface area contributed by atoms with Gasteiger partial charge in [0.15, 0.2) is 6.29 Å². The summed E-state index contributed by atoms with van der Waals surface area (Å²) in [6.07, 6.45) is 4.37. The fourth-order valence-corrected chi connectivity index (χ4v) is 2.28. The summed E-state index contributed by atoms with van der Waals surface area (Å²) >= 11 is 0. The Morgan fingerprint density at radius 1 is 1.37 bits per heavy atom. The lowest BCUT2D eigenvalue weighted by molar-refractivity contribution is -0.231. The van der Waals surface area contributed by atoms with Crippen LogP contribution in [-0.4, -0.2) is 31.6 Å². The zero-order valence-corrected chi connectivity index (χ0v) is 12.9. The summed E-state index contributed by atoms with van der Waals surface area (Å²) in [6.45, 7) is 8.56. The Morgan fingerprint density at radius 3 is 2.63 bits per heavy atom. The van der Waals surface area contributed by atoms with Crippen LogP contribution in [0.2, 0.25) is 0 Å². The van der Waals surface area contributed by atoms with Gasteiger partial charge in [-0.2, -0.15) is 0 Å². The molecule has 3 atom stereocenters. The molecule has 0 aromatic heterocycles. The predicted octanol–water partition coefficient (Wildman–Crippen LogP) is 3.29. The number of hydrogen-bond donors (Lipinski definition) is 0. The first-order valence-corrected chi connectivity index (χ1v) is 7.20. The van der Waals surface area contributed by atoms with Crippen molar-refractivity contribution in [2.24, 2.45) is 5.41 Å². The van der Waals surface area contributed by atoms with E-state index < -0.39 is 0 Å². The van der Waals surface area contributed by atoms with Crippen molar-refractivity contribution >= 4 is 5.97 Å². The molecular formula is C15H28O4. The summed E-state index contributed by atoms with van der Waals surface area (Å²) in [6, 6.07) is 0. The third kappa shape index (κ3) is 5.91. The smallest absolute Gasteiger partial charge is 0.305 e. The molecule has 0 aliphatic carbocycles. The van der Waals surface area contributed by atoms with Crippen molar-refractivity contribution in [3.8, 4) is 0 Å². The molecule has 0 saturated carbocycles. The van der Waals surface area contributed by atoms with Gasteiger partial charge in [0.05, 0.1) is 19.3 Å². The van der Waals surface area contributed by atoms with Crippen LogP contribution in [0.25, 0.3) is 0 Å². The van der Waals surface area contributed by atoms with Crippen LogP contribution in [0.15, 0.2) is 0 Å². The first-order chi connectivity index (χ1) is 8.82. The number of carbonyl (C=O) groups is 1. The van der Waals surface area contributed by atoms with Gasteiger partial charge in [-0.05, 0) is 38.0 Å². The number of methoxy groups -OCH3 is 1. The van der Waals surface area contributed by atoms with Crippen molar-refractivity contribution < 1.29 is 19.0 Å². The fraction of sp³-hybridized carbons (Fsp3) is 0.933. The van der Waals surface area contributed by atoms with E-state index in [4.69, 9.17) is 9.47 Å². The van der Waals surface area contributed by atoms with Gasteiger partial charge < -0.3 is 14.2 Å². The lowest BCUT2D eigenvalue weighted by atomic mass is 9.85. The highest BCUT2D eigenvalue weighted by Crippen LogP contribution is 2.32. The average Bonchev–Trinajstić information content (AvgIpc) is 2.35. The molecule has 1 fully saturated rings. The van der Waals surface area contributed by atoms with E-state index in [-0.39, 0.29) is 29.9 Å². The molecule has 1 heterocycles. The van der Waals surface area contributed by atoms with Crippen LogP contribution in [0.4, 0.5) is 0 Å². The van der Waals surface area contributed by atoms with Gasteiger partial charge in [-0.15, -0.1) is 0 Å². The molecule has 4 heteroatoms. The molecule has 0 bridgehead atoms. The van der Waals surface area contributed by atoms with Crippen LogP contribution in [0.1, 0.15) is 59.8 Å². The van der Waals surface area contributed by atoms with Crippen LogP contribution in [0.5, 0.6) is 0 Å². The van der Waals surface area contributed by atoms with E-state index in [0.717, 1.165) is 19.3 Å². The molecule has 0 unspecified atom stereocenters. The predicted molar refractivity (Wildman–Crippen MR) is 73.8 cm³/mol. The SMILES string of the molecule is COC(=O)CC[C@H](C)O[C@H]1CCC[C@H](C(C)(C)C)O1. The molecular weight excluding hydrogens is 244 g/mol. The molecule has 1 rings (SSSR count). The maximum atomic E-state index is 11.1. The summed E-state index contributed by atoms with van der Waals surface area (Å²) in [5.74, 6) is -0.187. The minimum Gasteiger partial charge on any atom is -0.469 e. The largest absolute Gasteiger partial charge is 0.469 e. The number of hydrogen-bond acceptors (Lipinski definition) is 4. The molecule has 0 radical (unpaired) electrons. The molecule has 0 spiro atoms. The number of ether oxygens (including phenoxy) is 3. The third-order valence-electron chi connectivity index (χ3n) is 3.55. The van der Waals surface area contributed by atoms with E-state index in [2.05, 4.69) is 25.5 Å². The van der Waals surface area contributed by atoms with Gasteiger partial charge in [0.2, 0.25) is 0 Å². The summed E-state index contributed by atoms with van der Waals surface area (Å²) in [7, 11) is 1.41. The summed E-state index contributed by atoms with van der Waals surface area (Å²) in [5, 5.41) is 0. The monoisotopic (exact) mass is 272 g/mol. The van der Waals surface area contributed by atoms with Crippen LogP contribution < -0.4 is 0 Å². The second kappa shape index (κ2) is 7.25. The molecule has 19 heavy (non-hydrogen) atoms. The summed E-state index contributed by atoms with van der Waals surface area (Å²) in [4.78, 5) is 11.1. The van der Waals surface area contributed by atoms with Gasteiger partial charge in [0, 0.05) is 6.42 Å². The Labute approximate surface area is 116 Å². The van der Waals surface area contributed by atoms with Gasteiger partial charge in [-0.25, -0.2) is 0 Å². The summed E-state index contributed by atoms with van der Waals surface area (Å²) in [5.41, 5.74) is 0.150. The molecule has 4 nitrogen and oxygen atoms in total. The highest BCUT2D eigenvalue weighted by Gasteiger charge is 2.32. The third-order valence-corrected chi connectivity index (χ3v) is 3.55. The van der Waals surface area contributed by atoms with Gasteiger partial charge in [-0.3, -0.25) is 4.79 Å². The van der Waals surface area contributed by atoms with E-state index in [0.29, 0.717) is 12.8 Å². The topological polar surface area (TPSA) is 44.8 Å². The average molecular weight is 272 g/mol. The maximum absolute atomic E-state index is 11.1. The van der Waals surface area contributed by atoms with E-state index in [1.54, 1.807) is 0 Å². The quantitative estimate of drug-likeness (QED) is 0.720. The van der Waals surface area contributed by atoms with Crippen molar-refractivity contribution in [1.29, 1.82) is 0 Å². The highest BCUT2D eigenvalue weighted by molar-refractivity contribution is 5.69. The first-order valence-electron chi connectivity index (χ1n) is 7.20. The van der Waals surface area contributed by atoms with Crippen LogP contribution >= 0.6 is 0 Å². The Kier molecular flexibility index (Phi) is 6.27. The van der Waals surface area contributed by atoms with E-state index in [9.17, 15) is 4.79 Å². The van der Waals surface area contributed by atoms with Crippen molar-refractivity contribution in [3.63, 3.8) is 0 Å². The number of esters is 1. The van der Waals surface area contributed by atoms with Crippen LogP contribution in [0.3, 0.4) is 0 Å². The minimum absolute atomic E-state index is 0.0165. The number of rotatable bonds is 5. The minimum atomic E-state index is -0.187. The fourth-order valence-electron chi connectivity index (χ4n) is 2.28. The Hall–Kier alpha value is -0.610. The second-order valence-electron chi connectivity index (χ2n) is 6.41. The zero-order valence-electron chi connectivity index (χ0n) is 12.9. The molecule has 0 N–H and O–H groups in total. The molecule has 1 saturated heterocycles. The Morgan fingerprint density at radius 2 is 2.05 bits per heavy atom. The van der Waals surface area contributed by atoms with Crippen molar-refractivity contribution in [2.45, 2.75) is 78.3 Å². The normalized spacial score (nSPS) is 25.9. The van der Waals surface area contributed by atoms with Gasteiger partial charge in [-0.1, -0.05) is 20.8 Å². The van der Waals surface area contributed by atoms with E-state index >= 15 is 0 Å². The van der Waals surface area contributed by atoms with E-state index in [1.165, 1.54) is 7.11 Å². The van der Waals surface area contributed by atoms with Gasteiger partial charge in [0.1, 0.15) is 0 Å². The van der Waals surface area contributed by atoms with Gasteiger partial charge >= 0.3 is 5.97 Å². The molecule has 1 aliphatic heterocycles. The van der Waals surface area contributed by atoms with Crippen molar-refractivity contribution in [1.82, 2.24) is 0 Å². The molecule has 112 valence electrons. The highest BCUT2D eigenvalue weighted by atomic mass is 16.7. The first kappa shape index (κ1) is 16.4. The Bertz CT molecular complexity index is 282. The zero-order chi connectivity index (χ0) is 14.5. The second-order valence-corrected chi connectivity index (χ2v) is 6.41. The Balaban J connectivity index is 2.33. The van der Waals surface area contributed by atoms with Gasteiger partial charge in [0.25, 0.3) is 0 Å². The van der Waals surface area contributed by atoms with Crippen molar-refractivity contribution in [2.75, 3.05) is 7.11 Å².